The molecule has 8 rings (SSSR count). The Balaban J connectivity index is 0.00000364. The van der Waals surface area contributed by atoms with Crippen LogP contribution in [-0.4, -0.2) is 23.2 Å². The number of hydrogen-bond acceptors (Lipinski definition) is 4. The molecule has 1 aliphatic rings. The van der Waals surface area contributed by atoms with Gasteiger partial charge in [0.05, 0.1) is 18.0 Å². The second-order valence-corrected chi connectivity index (χ2v) is 11.1. The molecule has 0 saturated carbocycles. The van der Waals surface area contributed by atoms with Crippen LogP contribution in [0.4, 0.5) is 17.1 Å². The minimum absolute atomic E-state index is 0. The Hall–Kier alpha value is -4.86. The third-order valence-electron chi connectivity index (χ3n) is 8.31. The van der Waals surface area contributed by atoms with E-state index < -0.39 is 6.98 Å². The summed E-state index contributed by atoms with van der Waals surface area (Å²) in [7, 11) is 0. The minimum Gasteiger partial charge on any atom is -0.509 e. The van der Waals surface area contributed by atoms with Gasteiger partial charge in [-0.05, 0) is 71.8 Å². The second kappa shape index (κ2) is 11.6. The SMILES string of the molecule is [2H]C([2H])([2H])N1CN(c2[c-]c(Oc3[c-]c4c(cc3)c3ccccc3n4-c3cc(-c4c(C)cccc4C)ccn3)ccc2)c2ccccc21.[Pt+2]. The third-order valence-corrected chi connectivity index (χ3v) is 8.31. The van der Waals surface area contributed by atoms with Crippen LogP contribution in [0.5, 0.6) is 11.5 Å². The van der Waals surface area contributed by atoms with Crippen molar-refractivity contribution >= 4 is 38.9 Å². The molecule has 2 aromatic heterocycles. The van der Waals surface area contributed by atoms with Crippen molar-refractivity contribution in [3.8, 4) is 28.4 Å². The third kappa shape index (κ3) is 4.98. The van der Waals surface area contributed by atoms with Crippen LogP contribution in [0, 0.1) is 26.0 Å². The number of aromatic nitrogens is 2. The van der Waals surface area contributed by atoms with Gasteiger partial charge in [0.2, 0.25) is 0 Å². The zero-order chi connectivity index (χ0) is 32.3. The number of rotatable bonds is 5. The van der Waals surface area contributed by atoms with Crippen molar-refractivity contribution in [2.24, 2.45) is 0 Å². The van der Waals surface area contributed by atoms with E-state index >= 15 is 0 Å². The number of fused-ring (bicyclic) bond motifs is 4. The summed E-state index contributed by atoms with van der Waals surface area (Å²) in [5.74, 6) is 1.83. The number of anilines is 3. The topological polar surface area (TPSA) is 33.5 Å². The normalized spacial score (nSPS) is 13.7. The summed E-state index contributed by atoms with van der Waals surface area (Å²) in [5.41, 5.74) is 8.82. The fourth-order valence-corrected chi connectivity index (χ4v) is 6.33. The number of hydrogen-bond donors (Lipinski definition) is 0. The van der Waals surface area contributed by atoms with Gasteiger partial charge < -0.3 is 19.1 Å². The van der Waals surface area contributed by atoms with Crippen LogP contribution in [0.25, 0.3) is 38.8 Å². The Morgan fingerprint density at radius 3 is 2.36 bits per heavy atom. The maximum absolute atomic E-state index is 8.05. The van der Waals surface area contributed by atoms with Crippen LogP contribution < -0.4 is 14.5 Å². The van der Waals surface area contributed by atoms with Gasteiger partial charge >= 0.3 is 21.1 Å². The number of benzene rings is 5. The maximum Gasteiger partial charge on any atom is 2.00 e. The molecular weight excluding hydrogens is 736 g/mol. The summed E-state index contributed by atoms with van der Waals surface area (Å²) < 4.78 is 32.7. The summed E-state index contributed by atoms with van der Waals surface area (Å²) in [6.45, 7) is 2.19. The molecule has 0 bridgehead atoms. The number of nitrogens with zero attached hydrogens (tertiary/aromatic N) is 4. The Kier molecular flexibility index (Phi) is 6.55. The molecule has 7 aromatic rings. The molecule has 0 amide bonds. The van der Waals surface area contributed by atoms with Gasteiger partial charge in [-0.2, -0.15) is 12.1 Å². The first-order chi connectivity index (χ1) is 22.8. The van der Waals surface area contributed by atoms with Crippen LogP contribution in [0.1, 0.15) is 15.2 Å². The van der Waals surface area contributed by atoms with Crippen LogP contribution in [0.3, 0.4) is 0 Å². The van der Waals surface area contributed by atoms with Crippen molar-refractivity contribution in [3.63, 3.8) is 0 Å². The molecule has 0 saturated heterocycles. The predicted molar refractivity (Wildman–Crippen MR) is 180 cm³/mol. The monoisotopic (exact) mass is 768 g/mol. The first-order valence-electron chi connectivity index (χ1n) is 16.1. The molecule has 0 atom stereocenters. The average molecular weight is 769 g/mol. The Morgan fingerprint density at radius 1 is 0.756 bits per heavy atom. The Bertz CT molecular complexity index is 2300. The minimum atomic E-state index is -2.27. The summed E-state index contributed by atoms with van der Waals surface area (Å²) in [6.07, 6.45) is 1.86. The zero-order valence-corrected chi connectivity index (χ0v) is 27.0. The molecule has 222 valence electrons. The number of para-hydroxylation sites is 3. The Labute approximate surface area is 281 Å². The van der Waals surface area contributed by atoms with Gasteiger partial charge in [-0.15, -0.1) is 35.7 Å². The molecule has 0 unspecified atom stereocenters. The molecular formula is C39H30N4OPt. The molecule has 0 radical (unpaired) electrons. The van der Waals surface area contributed by atoms with Gasteiger partial charge in [-0.3, -0.25) is 0 Å². The van der Waals surface area contributed by atoms with E-state index in [0.717, 1.165) is 38.9 Å². The molecule has 0 fully saturated rings. The smallest absolute Gasteiger partial charge is 0.509 e. The van der Waals surface area contributed by atoms with Gasteiger partial charge in [0.15, 0.2) is 0 Å². The molecule has 45 heavy (non-hydrogen) atoms. The fourth-order valence-electron chi connectivity index (χ4n) is 6.33. The molecule has 1 aliphatic heterocycles. The van der Waals surface area contributed by atoms with Crippen molar-refractivity contribution in [1.29, 1.82) is 0 Å². The van der Waals surface area contributed by atoms with E-state index in [4.69, 9.17) is 13.8 Å². The predicted octanol–water partition coefficient (Wildman–Crippen LogP) is 9.40. The van der Waals surface area contributed by atoms with E-state index in [1.54, 1.807) is 0 Å². The second-order valence-electron chi connectivity index (χ2n) is 11.1. The number of aryl methyl sites for hydroxylation is 2. The summed E-state index contributed by atoms with van der Waals surface area (Å²) >= 11 is 0. The quantitative estimate of drug-likeness (QED) is 0.164. The molecule has 5 aromatic carbocycles. The van der Waals surface area contributed by atoms with E-state index in [1.807, 2.05) is 71.8 Å². The molecule has 6 heteroatoms. The van der Waals surface area contributed by atoms with Gasteiger partial charge in [0, 0.05) is 34.3 Å². The van der Waals surface area contributed by atoms with E-state index in [-0.39, 0.29) is 27.7 Å². The van der Waals surface area contributed by atoms with Gasteiger partial charge in [-0.25, -0.2) is 4.98 Å². The van der Waals surface area contributed by atoms with Crippen molar-refractivity contribution < 1.29 is 29.9 Å². The van der Waals surface area contributed by atoms with Crippen LogP contribution in [0.2, 0.25) is 0 Å². The fraction of sp³-hybridized carbons (Fsp3) is 0.103. The van der Waals surface area contributed by atoms with E-state index in [1.165, 1.54) is 21.6 Å². The van der Waals surface area contributed by atoms with Gasteiger partial charge in [0.1, 0.15) is 5.82 Å². The van der Waals surface area contributed by atoms with Crippen LogP contribution in [-0.2, 0) is 21.1 Å². The van der Waals surface area contributed by atoms with Crippen LogP contribution >= 0.6 is 0 Å². The van der Waals surface area contributed by atoms with E-state index in [2.05, 4.69) is 79.1 Å². The van der Waals surface area contributed by atoms with Crippen LogP contribution in [0.15, 0.2) is 115 Å². The molecule has 3 heterocycles. The zero-order valence-electron chi connectivity index (χ0n) is 27.7. The number of pyridine rings is 1. The van der Waals surface area contributed by atoms with Crippen molar-refractivity contribution in [2.75, 3.05) is 23.4 Å². The molecule has 0 N–H and O–H groups in total. The molecule has 0 spiro atoms. The molecule has 0 aliphatic carbocycles. The largest absolute Gasteiger partial charge is 2.00 e. The number of ether oxygens (including phenoxy) is 1. The maximum atomic E-state index is 8.05. The standard InChI is InChI=1S/C39H30N4O.Pt/c1-26-10-8-11-27(2)39(26)28-20-21-40-38(22-28)43-34-15-5-4-14-32(34)33-19-18-31(24-37(33)43)44-30-13-9-12-29(23-30)42-25-41(3)35-16-6-7-17-36(35)42;/h4-22H,25H2,1-3H3;/q-2;+2/i3D3;. The Morgan fingerprint density at radius 2 is 1.51 bits per heavy atom. The average Bonchev–Trinajstić information content (AvgIpc) is 3.62. The van der Waals surface area contributed by atoms with Crippen molar-refractivity contribution in [1.82, 2.24) is 9.55 Å². The summed E-state index contributed by atoms with van der Waals surface area (Å²) in [4.78, 5) is 8.19. The van der Waals surface area contributed by atoms with E-state index in [9.17, 15) is 0 Å². The van der Waals surface area contributed by atoms with Crippen molar-refractivity contribution in [2.45, 2.75) is 13.8 Å². The van der Waals surface area contributed by atoms with Gasteiger partial charge in [-0.1, -0.05) is 59.7 Å². The molecule has 5 nitrogen and oxygen atoms in total. The van der Waals surface area contributed by atoms with E-state index in [0.29, 0.717) is 22.9 Å². The summed E-state index contributed by atoms with van der Waals surface area (Å²) in [6, 6.07) is 42.9. The first kappa shape index (κ1) is 25.5. The summed E-state index contributed by atoms with van der Waals surface area (Å²) in [5, 5.41) is 2.15. The van der Waals surface area contributed by atoms with Crippen molar-refractivity contribution in [3.05, 3.63) is 139 Å². The van der Waals surface area contributed by atoms with Gasteiger partial charge in [0.25, 0.3) is 0 Å². The first-order valence-corrected chi connectivity index (χ1v) is 14.6.